The third-order valence-electron chi connectivity index (χ3n) is 3.84. The molecule has 0 bridgehead atoms. The summed E-state index contributed by atoms with van der Waals surface area (Å²) in [6.07, 6.45) is 1.73. The predicted octanol–water partition coefficient (Wildman–Crippen LogP) is 5.22. The van der Waals surface area contributed by atoms with Crippen LogP contribution < -0.4 is 5.32 Å². The highest BCUT2D eigenvalue weighted by atomic mass is 32.1. The molecule has 24 heavy (non-hydrogen) atoms. The third-order valence-corrected chi connectivity index (χ3v) is 4.74. The van der Waals surface area contributed by atoms with Gasteiger partial charge < -0.3 is 5.32 Å². The van der Waals surface area contributed by atoms with Gasteiger partial charge in [0.1, 0.15) is 0 Å². The predicted molar refractivity (Wildman–Crippen MR) is 99.5 cm³/mol. The van der Waals surface area contributed by atoms with E-state index in [0.29, 0.717) is 5.56 Å². The molecule has 0 aliphatic heterocycles. The average molecular weight is 330 g/mol. The van der Waals surface area contributed by atoms with Gasteiger partial charge in [-0.3, -0.25) is 9.78 Å². The van der Waals surface area contributed by atoms with Crippen molar-refractivity contribution in [2.24, 2.45) is 0 Å². The lowest BCUT2D eigenvalue weighted by atomic mass is 10.1. The lowest BCUT2D eigenvalue weighted by Gasteiger charge is -2.10. The molecule has 0 aliphatic carbocycles. The summed E-state index contributed by atoms with van der Waals surface area (Å²) in [4.78, 5) is 18.3. The van der Waals surface area contributed by atoms with Crippen molar-refractivity contribution in [2.45, 2.75) is 0 Å². The molecule has 0 fully saturated rings. The Morgan fingerprint density at radius 2 is 1.79 bits per heavy atom. The molecule has 2 aromatic carbocycles. The first kappa shape index (κ1) is 14.6. The number of benzene rings is 2. The minimum absolute atomic E-state index is 0.128. The fourth-order valence-electron chi connectivity index (χ4n) is 2.72. The molecule has 0 radical (unpaired) electrons. The van der Waals surface area contributed by atoms with Crippen molar-refractivity contribution in [3.05, 3.63) is 83.9 Å². The van der Waals surface area contributed by atoms with Gasteiger partial charge in [-0.25, -0.2) is 0 Å². The second kappa shape index (κ2) is 6.26. The van der Waals surface area contributed by atoms with Gasteiger partial charge in [0.15, 0.2) is 0 Å². The smallest absolute Gasteiger partial charge is 0.256 e. The second-order valence-corrected chi connectivity index (χ2v) is 6.31. The van der Waals surface area contributed by atoms with E-state index < -0.39 is 0 Å². The number of thiophene rings is 1. The van der Waals surface area contributed by atoms with E-state index in [-0.39, 0.29) is 5.91 Å². The summed E-state index contributed by atoms with van der Waals surface area (Å²) in [6.45, 7) is 0. The summed E-state index contributed by atoms with van der Waals surface area (Å²) in [6, 6.07) is 21.3. The number of rotatable bonds is 3. The number of hydrogen-bond donors (Lipinski definition) is 1. The van der Waals surface area contributed by atoms with Crippen molar-refractivity contribution < 1.29 is 4.79 Å². The zero-order valence-corrected chi connectivity index (χ0v) is 13.6. The Morgan fingerprint density at radius 1 is 0.917 bits per heavy atom. The number of amides is 1. The monoisotopic (exact) mass is 330 g/mol. The Kier molecular flexibility index (Phi) is 3.81. The topological polar surface area (TPSA) is 42.0 Å². The van der Waals surface area contributed by atoms with Crippen LogP contribution >= 0.6 is 11.3 Å². The molecule has 116 valence electrons. The van der Waals surface area contributed by atoms with E-state index in [4.69, 9.17) is 0 Å². The fourth-order valence-corrected chi connectivity index (χ4v) is 3.49. The molecule has 4 heteroatoms. The zero-order chi connectivity index (χ0) is 16.4. The zero-order valence-electron chi connectivity index (χ0n) is 12.8. The summed E-state index contributed by atoms with van der Waals surface area (Å²) < 4.78 is 0. The van der Waals surface area contributed by atoms with E-state index in [9.17, 15) is 4.79 Å². The maximum atomic E-state index is 12.8. The number of pyridine rings is 1. The first-order chi connectivity index (χ1) is 11.8. The van der Waals surface area contributed by atoms with E-state index >= 15 is 0 Å². The maximum Gasteiger partial charge on any atom is 0.256 e. The van der Waals surface area contributed by atoms with Crippen molar-refractivity contribution in [3.8, 4) is 10.4 Å². The molecule has 0 spiro atoms. The quantitative estimate of drug-likeness (QED) is 0.560. The van der Waals surface area contributed by atoms with Crippen molar-refractivity contribution in [3.63, 3.8) is 0 Å². The number of carbonyl (C=O) groups is 1. The lowest BCUT2D eigenvalue weighted by molar-refractivity contribution is 0.102. The fraction of sp³-hybridized carbons (Fsp3) is 0. The van der Waals surface area contributed by atoms with Gasteiger partial charge in [-0.1, -0.05) is 42.5 Å². The van der Waals surface area contributed by atoms with Gasteiger partial charge in [0.2, 0.25) is 0 Å². The summed E-state index contributed by atoms with van der Waals surface area (Å²) in [5.74, 6) is -0.128. The van der Waals surface area contributed by atoms with Crippen LogP contribution in [0.25, 0.3) is 21.3 Å². The number of anilines is 1. The normalized spacial score (nSPS) is 10.7. The molecule has 0 aliphatic rings. The van der Waals surface area contributed by atoms with E-state index in [2.05, 4.69) is 10.3 Å². The van der Waals surface area contributed by atoms with Crippen molar-refractivity contribution >= 4 is 33.8 Å². The van der Waals surface area contributed by atoms with E-state index in [1.54, 1.807) is 17.5 Å². The minimum Gasteiger partial charge on any atom is -0.320 e. The highest BCUT2D eigenvalue weighted by molar-refractivity contribution is 7.13. The van der Waals surface area contributed by atoms with Gasteiger partial charge in [0, 0.05) is 27.6 Å². The Hall–Kier alpha value is -2.98. The van der Waals surface area contributed by atoms with Crippen LogP contribution in [-0.4, -0.2) is 10.9 Å². The van der Waals surface area contributed by atoms with Gasteiger partial charge in [-0.15, -0.1) is 11.3 Å². The molecular weight excluding hydrogens is 316 g/mol. The first-order valence-electron chi connectivity index (χ1n) is 7.61. The van der Waals surface area contributed by atoms with Crippen molar-refractivity contribution in [2.75, 3.05) is 5.32 Å². The summed E-state index contributed by atoms with van der Waals surface area (Å²) in [7, 11) is 0. The number of nitrogens with zero attached hydrogens (tertiary/aromatic N) is 1. The van der Waals surface area contributed by atoms with Crippen LogP contribution in [-0.2, 0) is 0 Å². The Balaban J connectivity index is 1.73. The molecule has 2 heterocycles. The van der Waals surface area contributed by atoms with Crippen LogP contribution in [0.2, 0.25) is 0 Å². The van der Waals surface area contributed by atoms with Crippen molar-refractivity contribution in [1.82, 2.24) is 4.98 Å². The number of nitrogens with one attached hydrogen (secondary N) is 1. The molecule has 2 aromatic heterocycles. The van der Waals surface area contributed by atoms with Crippen LogP contribution in [0, 0.1) is 0 Å². The number of para-hydroxylation sites is 1. The molecule has 0 saturated heterocycles. The molecular formula is C20H14N2OS. The van der Waals surface area contributed by atoms with Gasteiger partial charge >= 0.3 is 0 Å². The molecule has 0 saturated carbocycles. The number of fused-ring (bicyclic) bond motifs is 1. The molecule has 3 nitrogen and oxygen atoms in total. The molecule has 1 N–H and O–H groups in total. The minimum atomic E-state index is -0.128. The van der Waals surface area contributed by atoms with E-state index in [1.807, 2.05) is 72.1 Å². The summed E-state index contributed by atoms with van der Waals surface area (Å²) in [5, 5.41) is 6.02. The van der Waals surface area contributed by atoms with Gasteiger partial charge in [-0.2, -0.15) is 0 Å². The molecule has 0 atom stereocenters. The number of aromatic nitrogens is 1. The SMILES string of the molecule is O=C(Nc1cccc2cccnc12)c1ccccc1-c1cccs1. The highest BCUT2D eigenvalue weighted by Crippen LogP contribution is 2.29. The van der Waals surface area contributed by atoms with E-state index in [1.165, 1.54) is 0 Å². The standard InChI is InChI=1S/C20H14N2OS/c23-20(16-9-2-1-8-15(16)18-11-5-13-24-18)22-17-10-3-6-14-7-4-12-21-19(14)17/h1-13H,(H,22,23). The molecule has 0 unspecified atom stereocenters. The van der Waals surface area contributed by atoms with Crippen LogP contribution in [0.15, 0.2) is 78.3 Å². The Labute approximate surface area is 143 Å². The average Bonchev–Trinajstić information content (AvgIpc) is 3.16. The van der Waals surface area contributed by atoms with E-state index in [0.717, 1.165) is 27.0 Å². The van der Waals surface area contributed by atoms with Crippen LogP contribution in [0.4, 0.5) is 5.69 Å². The van der Waals surface area contributed by atoms with Crippen LogP contribution in [0.1, 0.15) is 10.4 Å². The third kappa shape index (κ3) is 2.68. The van der Waals surface area contributed by atoms with Crippen LogP contribution in [0.3, 0.4) is 0 Å². The van der Waals surface area contributed by atoms with Gasteiger partial charge in [-0.05, 0) is 29.6 Å². The highest BCUT2D eigenvalue weighted by Gasteiger charge is 2.14. The molecule has 1 amide bonds. The van der Waals surface area contributed by atoms with Gasteiger partial charge in [0.25, 0.3) is 5.91 Å². The lowest BCUT2D eigenvalue weighted by Crippen LogP contribution is -2.13. The molecule has 4 aromatic rings. The Bertz CT molecular complexity index is 1000. The number of hydrogen-bond acceptors (Lipinski definition) is 3. The maximum absolute atomic E-state index is 12.8. The number of carbonyl (C=O) groups excluding carboxylic acids is 1. The summed E-state index contributed by atoms with van der Waals surface area (Å²) >= 11 is 1.62. The van der Waals surface area contributed by atoms with Crippen molar-refractivity contribution in [1.29, 1.82) is 0 Å². The first-order valence-corrected chi connectivity index (χ1v) is 8.49. The van der Waals surface area contributed by atoms with Crippen LogP contribution in [0.5, 0.6) is 0 Å². The molecule has 4 rings (SSSR count). The largest absolute Gasteiger partial charge is 0.320 e. The van der Waals surface area contributed by atoms with Gasteiger partial charge in [0.05, 0.1) is 11.2 Å². The second-order valence-electron chi connectivity index (χ2n) is 5.36. The Morgan fingerprint density at radius 3 is 2.67 bits per heavy atom. The summed E-state index contributed by atoms with van der Waals surface area (Å²) in [5.41, 5.74) is 3.12.